The third-order valence-electron chi connectivity index (χ3n) is 7.83. The fourth-order valence-electron chi connectivity index (χ4n) is 5.41. The summed E-state index contributed by atoms with van der Waals surface area (Å²) >= 11 is 0. The van der Waals surface area contributed by atoms with Crippen molar-refractivity contribution in [2.75, 3.05) is 25.4 Å². The van der Waals surface area contributed by atoms with Crippen molar-refractivity contribution in [3.8, 4) is 0 Å². The van der Waals surface area contributed by atoms with Gasteiger partial charge in [-0.3, -0.25) is 9.36 Å². The van der Waals surface area contributed by atoms with Gasteiger partial charge in [-0.2, -0.15) is 4.98 Å². The molecule has 0 bridgehead atoms. The van der Waals surface area contributed by atoms with Crippen molar-refractivity contribution in [1.29, 1.82) is 0 Å². The Morgan fingerprint density at radius 1 is 1.02 bits per heavy atom. The van der Waals surface area contributed by atoms with Crippen LogP contribution in [0.2, 0.25) is 0 Å². The summed E-state index contributed by atoms with van der Waals surface area (Å²) in [7, 11) is 0. The highest BCUT2D eigenvalue weighted by molar-refractivity contribution is 5.81. The van der Waals surface area contributed by atoms with E-state index < -0.39 is 97.1 Å². The summed E-state index contributed by atoms with van der Waals surface area (Å²) in [6.45, 7) is -0.0794. The normalized spacial score (nSPS) is 42.4. The molecule has 1 saturated carbocycles. The van der Waals surface area contributed by atoms with Crippen LogP contribution in [0.25, 0.3) is 0 Å². The molecule has 1 amide bonds. The van der Waals surface area contributed by atoms with Crippen LogP contribution in [-0.2, 0) is 19.0 Å². The Kier molecular flexibility index (Phi) is 10.5. The molecule has 4 rings (SSSR count). The van der Waals surface area contributed by atoms with E-state index in [0.29, 0.717) is 0 Å². The van der Waals surface area contributed by atoms with Crippen molar-refractivity contribution in [2.45, 2.75) is 91.9 Å². The summed E-state index contributed by atoms with van der Waals surface area (Å²) in [5.74, 6) is -0.816. The molecule has 0 aromatic carbocycles. The van der Waals surface area contributed by atoms with Gasteiger partial charge in [-0.05, 0) is 12.5 Å². The van der Waals surface area contributed by atoms with Crippen molar-refractivity contribution in [1.82, 2.24) is 20.2 Å². The van der Waals surface area contributed by atoms with Gasteiger partial charge in [0.05, 0.1) is 24.3 Å². The summed E-state index contributed by atoms with van der Waals surface area (Å²) in [5, 5.41) is 57.6. The zero-order valence-corrected chi connectivity index (χ0v) is 22.6. The molecular formula is C23H41N9O10. The van der Waals surface area contributed by atoms with Gasteiger partial charge in [0.1, 0.15) is 36.3 Å². The van der Waals surface area contributed by atoms with E-state index in [2.05, 4.69) is 15.6 Å². The number of nitrogens with one attached hydrogen (secondary N) is 2. The first kappa shape index (κ1) is 32.5. The zero-order valence-electron chi connectivity index (χ0n) is 22.6. The third kappa shape index (κ3) is 6.58. The lowest BCUT2D eigenvalue weighted by Crippen LogP contribution is -2.70. The molecule has 3 heterocycles. The van der Waals surface area contributed by atoms with Crippen LogP contribution in [0.4, 0.5) is 5.82 Å². The lowest BCUT2D eigenvalue weighted by atomic mass is 9.82. The summed E-state index contributed by atoms with van der Waals surface area (Å²) in [6, 6.07) is -2.09. The molecular weight excluding hydrogens is 562 g/mol. The van der Waals surface area contributed by atoms with Crippen LogP contribution in [0.3, 0.4) is 0 Å². The van der Waals surface area contributed by atoms with Gasteiger partial charge in [-0.15, -0.1) is 0 Å². The summed E-state index contributed by atoms with van der Waals surface area (Å²) in [4.78, 5) is 28.4. The molecule has 0 unspecified atom stereocenters. The number of hydrogen-bond donors (Lipinski definition) is 12. The molecule has 42 heavy (non-hydrogen) atoms. The number of hydrogen-bond acceptors (Lipinski definition) is 17. The first-order chi connectivity index (χ1) is 19.8. The maximum atomic E-state index is 12.8. The smallest absolute Gasteiger partial charge is 0.351 e. The number of ether oxygens (including phenoxy) is 3. The standard InChI is InChI=1S/C23H41N9O10/c24-6-9-14(34)15(35)11(28)22(40-9)42-18-8(26)5-7(25)13(33)12(18)29-2-3-30-20(38)19-16(36)17(37)21(41-19)32-4-1-10(27)31-23(32)39/h1,4,7-9,11-19,21-22,29,33-37H,2-3,5-6,24-26,28H2,(H,30,38)(H2,27,31,39)/t7-,8+,9-,11-,12+,13+,14-,15-,16+,17-,18-,19+,21-,22-/m1/s1. The number of aliphatic hydroxyl groups excluding tert-OH is 5. The van der Waals surface area contributed by atoms with E-state index >= 15 is 0 Å². The number of nitrogens with two attached hydrogens (primary N) is 5. The zero-order chi connectivity index (χ0) is 30.9. The molecule has 14 atom stereocenters. The maximum Gasteiger partial charge on any atom is 0.351 e. The Bertz CT molecular complexity index is 1130. The Hall–Kier alpha value is -2.37. The molecule has 2 saturated heterocycles. The lowest BCUT2D eigenvalue weighted by Gasteiger charge is -2.47. The van der Waals surface area contributed by atoms with Gasteiger partial charge >= 0.3 is 5.69 Å². The van der Waals surface area contributed by atoms with Crippen LogP contribution in [-0.4, -0.2) is 140 Å². The number of aliphatic hydroxyl groups is 5. The lowest BCUT2D eigenvalue weighted by molar-refractivity contribution is -0.279. The number of anilines is 1. The summed E-state index contributed by atoms with van der Waals surface area (Å²) < 4.78 is 18.0. The van der Waals surface area contributed by atoms with Crippen LogP contribution in [0.15, 0.2) is 17.1 Å². The Morgan fingerprint density at radius 2 is 1.74 bits per heavy atom. The predicted molar refractivity (Wildman–Crippen MR) is 143 cm³/mol. The molecule has 2 aliphatic heterocycles. The van der Waals surface area contributed by atoms with Crippen LogP contribution in [0.1, 0.15) is 12.6 Å². The fourth-order valence-corrected chi connectivity index (χ4v) is 5.41. The van der Waals surface area contributed by atoms with E-state index in [4.69, 9.17) is 42.9 Å². The number of nitrogen functional groups attached to an aromatic ring is 1. The number of carbonyl (C=O) groups excluding carboxylic acids is 1. The molecule has 3 aliphatic rings. The second-order valence-corrected chi connectivity index (χ2v) is 10.7. The molecule has 19 nitrogen and oxygen atoms in total. The van der Waals surface area contributed by atoms with E-state index in [0.717, 1.165) is 4.57 Å². The van der Waals surface area contributed by atoms with E-state index in [1.165, 1.54) is 12.3 Å². The number of nitrogens with zero attached hydrogens (tertiary/aromatic N) is 2. The third-order valence-corrected chi connectivity index (χ3v) is 7.83. The molecule has 19 heteroatoms. The SMILES string of the molecule is NC[C@H]1O[C@H](O[C@H]2[C@@H](NCCNC(=O)[C@H]3O[C@@H](n4ccc(N)nc4=O)[C@H](O)[C@@H]3O)[C@@H](O)[C@H](N)C[C@@H]2N)[C@H](N)[C@@H](O)[C@@H]1O. The van der Waals surface area contributed by atoms with Crippen LogP contribution in [0, 0.1) is 0 Å². The highest BCUT2D eigenvalue weighted by Crippen LogP contribution is 2.29. The van der Waals surface area contributed by atoms with Crippen molar-refractivity contribution < 1.29 is 44.5 Å². The van der Waals surface area contributed by atoms with Crippen molar-refractivity contribution >= 4 is 11.7 Å². The summed E-state index contributed by atoms with van der Waals surface area (Å²) in [5.41, 5.74) is 28.6. The highest BCUT2D eigenvalue weighted by Gasteiger charge is 2.49. The Morgan fingerprint density at radius 3 is 2.40 bits per heavy atom. The number of amides is 1. The quantitative estimate of drug-likeness (QED) is 0.117. The van der Waals surface area contributed by atoms with Gasteiger partial charge < -0.3 is 79.0 Å². The Balaban J connectivity index is 1.35. The molecule has 0 radical (unpaired) electrons. The maximum absolute atomic E-state index is 12.8. The number of aromatic nitrogens is 2. The van der Waals surface area contributed by atoms with Crippen LogP contribution < -0.4 is 45.0 Å². The molecule has 17 N–H and O–H groups in total. The average molecular weight is 604 g/mol. The topological polar surface area (TPSA) is 335 Å². The minimum atomic E-state index is -1.65. The predicted octanol–water partition coefficient (Wildman–Crippen LogP) is -7.94. The monoisotopic (exact) mass is 603 g/mol. The van der Waals surface area contributed by atoms with Crippen LogP contribution >= 0.6 is 0 Å². The van der Waals surface area contributed by atoms with Crippen LogP contribution in [0.5, 0.6) is 0 Å². The first-order valence-electron chi connectivity index (χ1n) is 13.5. The van der Waals surface area contributed by atoms with Gasteiger partial charge in [-0.25, -0.2) is 4.79 Å². The molecule has 0 spiro atoms. The van der Waals surface area contributed by atoms with Gasteiger partial charge in [-0.1, -0.05) is 0 Å². The van der Waals surface area contributed by atoms with Gasteiger partial charge in [0.25, 0.3) is 5.91 Å². The van der Waals surface area contributed by atoms with E-state index in [9.17, 15) is 35.1 Å². The van der Waals surface area contributed by atoms with E-state index in [1.54, 1.807) is 0 Å². The number of carbonyl (C=O) groups is 1. The van der Waals surface area contributed by atoms with Gasteiger partial charge in [0, 0.05) is 37.9 Å². The molecule has 238 valence electrons. The summed E-state index contributed by atoms with van der Waals surface area (Å²) in [6.07, 6.45) is -11.6. The largest absolute Gasteiger partial charge is 0.390 e. The first-order valence-corrected chi connectivity index (χ1v) is 13.5. The molecule has 1 aromatic heterocycles. The van der Waals surface area contributed by atoms with Crippen molar-refractivity contribution in [3.63, 3.8) is 0 Å². The van der Waals surface area contributed by atoms with E-state index in [1.807, 2.05) is 0 Å². The van der Waals surface area contributed by atoms with Gasteiger partial charge in [0.15, 0.2) is 18.6 Å². The van der Waals surface area contributed by atoms with Crippen molar-refractivity contribution in [3.05, 3.63) is 22.7 Å². The number of rotatable bonds is 9. The molecule has 1 aliphatic carbocycles. The fraction of sp³-hybridized carbons (Fsp3) is 0.783. The molecule has 1 aromatic rings. The van der Waals surface area contributed by atoms with Gasteiger partial charge in [0.2, 0.25) is 0 Å². The van der Waals surface area contributed by atoms with E-state index in [-0.39, 0.29) is 31.9 Å². The minimum Gasteiger partial charge on any atom is -0.390 e. The minimum absolute atomic E-state index is 0.0322. The second-order valence-electron chi connectivity index (χ2n) is 10.7. The average Bonchev–Trinajstić information content (AvgIpc) is 3.24. The highest BCUT2D eigenvalue weighted by atomic mass is 16.7. The Labute approximate surface area is 239 Å². The van der Waals surface area contributed by atoms with Crippen molar-refractivity contribution in [2.24, 2.45) is 22.9 Å². The second kappa shape index (κ2) is 13.5. The molecule has 3 fully saturated rings.